The largest absolute Gasteiger partial charge is 0.486 e. The molecule has 1 heterocycles. The molecule has 0 saturated heterocycles. The summed E-state index contributed by atoms with van der Waals surface area (Å²) in [6.45, 7) is 7.20. The molecule has 0 radical (unpaired) electrons. The van der Waals surface area contributed by atoms with Gasteiger partial charge in [-0.25, -0.2) is 0 Å². The van der Waals surface area contributed by atoms with Crippen molar-refractivity contribution in [1.82, 2.24) is 0 Å². The lowest BCUT2D eigenvalue weighted by molar-refractivity contribution is 0.267. The first-order chi connectivity index (χ1) is 9.10. The van der Waals surface area contributed by atoms with Crippen molar-refractivity contribution in [1.29, 1.82) is 0 Å². The van der Waals surface area contributed by atoms with Crippen molar-refractivity contribution in [2.24, 2.45) is 5.73 Å². The molecule has 19 heavy (non-hydrogen) atoms. The zero-order chi connectivity index (χ0) is 13.8. The molecule has 2 N–H and O–H groups in total. The molecule has 0 atom stereocenters. The molecule has 0 fully saturated rings. The fraction of sp³-hybridized carbons (Fsp3) is 0.375. The van der Waals surface area contributed by atoms with E-state index < -0.39 is 0 Å². The lowest BCUT2D eigenvalue weighted by atomic mass is 10.0. The molecule has 2 aromatic rings. The van der Waals surface area contributed by atoms with E-state index in [1.54, 1.807) is 0 Å². The molecule has 0 unspecified atom stereocenters. The SMILES string of the molecule is Cc1oc(COc2ccc(C(C)C)cc2)cc1CN. The predicted octanol–water partition coefficient (Wildman–Crippen LogP) is 3.75. The maximum Gasteiger partial charge on any atom is 0.146 e. The highest BCUT2D eigenvalue weighted by molar-refractivity contribution is 5.29. The molecule has 0 aliphatic rings. The molecule has 102 valence electrons. The number of benzene rings is 1. The second kappa shape index (κ2) is 5.93. The van der Waals surface area contributed by atoms with Crippen molar-refractivity contribution in [3.63, 3.8) is 0 Å². The average Bonchev–Trinajstić information content (AvgIpc) is 2.77. The van der Waals surface area contributed by atoms with E-state index in [-0.39, 0.29) is 0 Å². The third-order valence-corrected chi connectivity index (χ3v) is 3.22. The highest BCUT2D eigenvalue weighted by Crippen LogP contribution is 2.20. The van der Waals surface area contributed by atoms with Crippen LogP contribution in [-0.4, -0.2) is 0 Å². The molecule has 0 bridgehead atoms. The average molecular weight is 259 g/mol. The molecule has 1 aromatic heterocycles. The standard InChI is InChI=1S/C16H21NO2/c1-11(2)13-4-6-15(7-5-13)18-10-16-8-14(9-17)12(3)19-16/h4-8,11H,9-10,17H2,1-3H3. The van der Waals surface area contributed by atoms with Crippen molar-refractivity contribution < 1.29 is 9.15 Å². The maximum atomic E-state index is 5.71. The Morgan fingerprint density at radius 1 is 1.21 bits per heavy atom. The van der Waals surface area contributed by atoms with Gasteiger partial charge in [0, 0.05) is 12.1 Å². The summed E-state index contributed by atoms with van der Waals surface area (Å²) in [5.41, 5.74) is 7.96. The van der Waals surface area contributed by atoms with Crippen LogP contribution in [0.15, 0.2) is 34.7 Å². The molecular weight excluding hydrogens is 238 g/mol. The Morgan fingerprint density at radius 3 is 2.42 bits per heavy atom. The smallest absolute Gasteiger partial charge is 0.146 e. The first kappa shape index (κ1) is 13.7. The van der Waals surface area contributed by atoms with Gasteiger partial charge in [0.25, 0.3) is 0 Å². The van der Waals surface area contributed by atoms with Gasteiger partial charge in [0.15, 0.2) is 0 Å². The number of nitrogens with two attached hydrogens (primary N) is 1. The van der Waals surface area contributed by atoms with Gasteiger partial charge in [0.1, 0.15) is 23.9 Å². The van der Waals surface area contributed by atoms with E-state index >= 15 is 0 Å². The van der Waals surface area contributed by atoms with E-state index in [0.29, 0.717) is 19.1 Å². The summed E-state index contributed by atoms with van der Waals surface area (Å²) in [7, 11) is 0. The molecule has 0 spiro atoms. The summed E-state index contributed by atoms with van der Waals surface area (Å²) in [6, 6.07) is 10.1. The van der Waals surface area contributed by atoms with Gasteiger partial charge in [-0.1, -0.05) is 26.0 Å². The molecule has 0 aliphatic carbocycles. The number of hydrogen-bond acceptors (Lipinski definition) is 3. The number of aryl methyl sites for hydroxylation is 1. The predicted molar refractivity (Wildman–Crippen MR) is 76.2 cm³/mol. The van der Waals surface area contributed by atoms with Crippen LogP contribution in [0.2, 0.25) is 0 Å². The topological polar surface area (TPSA) is 48.4 Å². The Morgan fingerprint density at radius 2 is 1.89 bits per heavy atom. The Labute approximate surface area is 114 Å². The lowest BCUT2D eigenvalue weighted by Gasteiger charge is -2.07. The van der Waals surface area contributed by atoms with E-state index in [1.165, 1.54) is 5.56 Å². The van der Waals surface area contributed by atoms with E-state index in [2.05, 4.69) is 26.0 Å². The quantitative estimate of drug-likeness (QED) is 0.889. The monoisotopic (exact) mass is 259 g/mol. The minimum absolute atomic E-state index is 0.432. The molecule has 0 saturated carbocycles. The molecule has 2 rings (SSSR count). The minimum atomic E-state index is 0.432. The summed E-state index contributed by atoms with van der Waals surface area (Å²) in [6.07, 6.45) is 0. The van der Waals surface area contributed by atoms with Gasteiger partial charge in [0.05, 0.1) is 0 Å². The summed E-state index contributed by atoms with van der Waals surface area (Å²) in [4.78, 5) is 0. The Kier molecular flexibility index (Phi) is 4.27. The first-order valence-corrected chi connectivity index (χ1v) is 6.61. The van der Waals surface area contributed by atoms with Gasteiger partial charge in [-0.3, -0.25) is 0 Å². The number of hydrogen-bond donors (Lipinski definition) is 1. The van der Waals surface area contributed by atoms with Crippen LogP contribution in [-0.2, 0) is 13.2 Å². The second-order valence-electron chi connectivity index (χ2n) is 5.01. The van der Waals surface area contributed by atoms with Crippen LogP contribution in [0.1, 0.15) is 42.4 Å². The van der Waals surface area contributed by atoms with Crippen LogP contribution in [0, 0.1) is 6.92 Å². The third kappa shape index (κ3) is 3.38. The third-order valence-electron chi connectivity index (χ3n) is 3.22. The van der Waals surface area contributed by atoms with Crippen LogP contribution in [0.5, 0.6) is 5.75 Å². The van der Waals surface area contributed by atoms with Crippen molar-refractivity contribution in [3.05, 3.63) is 53.0 Å². The lowest BCUT2D eigenvalue weighted by Crippen LogP contribution is -1.96. The molecular formula is C16H21NO2. The van der Waals surface area contributed by atoms with E-state index in [0.717, 1.165) is 22.8 Å². The maximum absolute atomic E-state index is 5.71. The highest BCUT2D eigenvalue weighted by Gasteiger charge is 2.06. The summed E-state index contributed by atoms with van der Waals surface area (Å²) < 4.78 is 11.3. The van der Waals surface area contributed by atoms with Crippen LogP contribution >= 0.6 is 0 Å². The van der Waals surface area contributed by atoms with Gasteiger partial charge in [-0.05, 0) is 36.6 Å². The summed E-state index contributed by atoms with van der Waals surface area (Å²) in [5.74, 6) is 3.07. The molecule has 3 nitrogen and oxygen atoms in total. The van der Waals surface area contributed by atoms with Crippen molar-refractivity contribution in [2.75, 3.05) is 0 Å². The van der Waals surface area contributed by atoms with Crippen LogP contribution in [0.25, 0.3) is 0 Å². The molecule has 0 amide bonds. The van der Waals surface area contributed by atoms with Crippen LogP contribution in [0.3, 0.4) is 0 Å². The zero-order valence-corrected chi connectivity index (χ0v) is 11.8. The fourth-order valence-corrected chi connectivity index (χ4v) is 1.96. The van der Waals surface area contributed by atoms with Gasteiger partial charge in [0.2, 0.25) is 0 Å². The number of rotatable bonds is 5. The van der Waals surface area contributed by atoms with Crippen molar-refractivity contribution in [2.45, 2.75) is 39.8 Å². The van der Waals surface area contributed by atoms with Crippen molar-refractivity contribution in [3.8, 4) is 5.75 Å². The van der Waals surface area contributed by atoms with Crippen LogP contribution < -0.4 is 10.5 Å². The van der Waals surface area contributed by atoms with Gasteiger partial charge in [-0.15, -0.1) is 0 Å². The number of furan rings is 1. The van der Waals surface area contributed by atoms with Gasteiger partial charge in [-0.2, -0.15) is 0 Å². The first-order valence-electron chi connectivity index (χ1n) is 6.61. The second-order valence-corrected chi connectivity index (χ2v) is 5.01. The summed E-state index contributed by atoms with van der Waals surface area (Å²) >= 11 is 0. The van der Waals surface area contributed by atoms with Crippen LogP contribution in [0.4, 0.5) is 0 Å². The van der Waals surface area contributed by atoms with E-state index in [4.69, 9.17) is 14.9 Å². The number of ether oxygens (including phenoxy) is 1. The zero-order valence-electron chi connectivity index (χ0n) is 11.8. The van der Waals surface area contributed by atoms with Crippen molar-refractivity contribution >= 4 is 0 Å². The summed E-state index contributed by atoms with van der Waals surface area (Å²) in [5, 5.41) is 0. The Bertz CT molecular complexity index is 526. The fourth-order valence-electron chi connectivity index (χ4n) is 1.96. The normalized spacial score (nSPS) is 11.0. The van der Waals surface area contributed by atoms with E-state index in [1.807, 2.05) is 25.1 Å². The Balaban J connectivity index is 1.97. The highest BCUT2D eigenvalue weighted by atomic mass is 16.5. The molecule has 1 aromatic carbocycles. The molecule has 0 aliphatic heterocycles. The molecule has 3 heteroatoms. The minimum Gasteiger partial charge on any atom is -0.486 e. The van der Waals surface area contributed by atoms with Gasteiger partial charge < -0.3 is 14.9 Å². The van der Waals surface area contributed by atoms with Gasteiger partial charge >= 0.3 is 0 Å². The van der Waals surface area contributed by atoms with E-state index in [9.17, 15) is 0 Å². The Hall–Kier alpha value is -1.74.